The molecule has 4 rings (SSSR count). The number of benzene rings is 2. The monoisotopic (exact) mass is 440 g/mol. The zero-order chi connectivity index (χ0) is 23.4. The van der Waals surface area contributed by atoms with Gasteiger partial charge in [-0.3, -0.25) is 4.99 Å². The van der Waals surface area contributed by atoms with Gasteiger partial charge in [0.25, 0.3) is 0 Å². The van der Waals surface area contributed by atoms with E-state index in [0.29, 0.717) is 6.54 Å². The number of anilines is 2. The van der Waals surface area contributed by atoms with Crippen molar-refractivity contribution in [3.05, 3.63) is 72.4 Å². The van der Waals surface area contributed by atoms with Gasteiger partial charge < -0.3 is 20.4 Å². The van der Waals surface area contributed by atoms with E-state index in [0.717, 1.165) is 56.2 Å². The van der Waals surface area contributed by atoms with E-state index >= 15 is 0 Å². The second kappa shape index (κ2) is 9.56. The number of fused-ring (bicyclic) bond motifs is 1. The summed E-state index contributed by atoms with van der Waals surface area (Å²) in [7, 11) is 3.67. The van der Waals surface area contributed by atoms with Gasteiger partial charge in [0.05, 0.1) is 24.7 Å². The van der Waals surface area contributed by atoms with Gasteiger partial charge >= 0.3 is 0 Å². The van der Waals surface area contributed by atoms with Crippen LogP contribution < -0.4 is 15.8 Å². The second-order valence-corrected chi connectivity index (χ2v) is 7.67. The van der Waals surface area contributed by atoms with E-state index in [1.807, 2.05) is 69.7 Å². The first-order chi connectivity index (χ1) is 16.0. The van der Waals surface area contributed by atoms with E-state index in [4.69, 9.17) is 10.5 Å². The summed E-state index contributed by atoms with van der Waals surface area (Å²) in [4.78, 5) is 13.3. The van der Waals surface area contributed by atoms with Crippen LogP contribution in [0, 0.1) is 6.92 Å². The maximum atomic E-state index is 5.82. The Morgan fingerprint density at radius 2 is 1.97 bits per heavy atom. The van der Waals surface area contributed by atoms with E-state index in [1.54, 1.807) is 19.5 Å². The first-order valence-corrected chi connectivity index (χ1v) is 10.8. The third-order valence-electron chi connectivity index (χ3n) is 5.63. The van der Waals surface area contributed by atoms with Crippen LogP contribution in [-0.4, -0.2) is 34.4 Å². The number of allylic oxidation sites excluding steroid dienone is 1. The molecule has 4 aromatic rings. The molecule has 0 saturated carbocycles. The zero-order valence-corrected chi connectivity index (χ0v) is 19.3. The lowest BCUT2D eigenvalue weighted by Gasteiger charge is -2.13. The number of ether oxygens (including phenoxy) is 1. The van der Waals surface area contributed by atoms with Crippen LogP contribution in [0.2, 0.25) is 0 Å². The molecule has 33 heavy (non-hydrogen) atoms. The van der Waals surface area contributed by atoms with Crippen LogP contribution in [0.5, 0.6) is 5.75 Å². The number of hydrogen-bond acceptors (Lipinski definition) is 6. The predicted molar refractivity (Wildman–Crippen MR) is 136 cm³/mol. The second-order valence-electron chi connectivity index (χ2n) is 7.67. The Balaban J connectivity index is 1.65. The maximum Gasteiger partial charge on any atom is 0.143 e. The number of aryl methyl sites for hydroxylation is 1. The van der Waals surface area contributed by atoms with Crippen molar-refractivity contribution >= 4 is 34.1 Å². The number of nitrogens with two attached hydrogens (primary N) is 1. The van der Waals surface area contributed by atoms with Crippen molar-refractivity contribution in [2.24, 2.45) is 17.8 Å². The van der Waals surface area contributed by atoms with Crippen LogP contribution >= 0.6 is 0 Å². The first kappa shape index (κ1) is 22.1. The van der Waals surface area contributed by atoms with Crippen molar-refractivity contribution < 1.29 is 4.74 Å². The summed E-state index contributed by atoms with van der Waals surface area (Å²) in [5, 5.41) is 5.48. The molecule has 168 valence electrons. The number of rotatable bonds is 7. The van der Waals surface area contributed by atoms with Crippen molar-refractivity contribution in [2.75, 3.05) is 19.0 Å². The van der Waals surface area contributed by atoms with Crippen LogP contribution in [-0.2, 0) is 7.05 Å². The van der Waals surface area contributed by atoms with Gasteiger partial charge in [-0.2, -0.15) is 0 Å². The third kappa shape index (κ3) is 4.57. The topological polar surface area (TPSA) is 90.4 Å². The highest BCUT2D eigenvalue weighted by molar-refractivity contribution is 6.10. The minimum atomic E-state index is 0.712. The Bertz CT molecular complexity index is 1350. The van der Waals surface area contributed by atoms with Gasteiger partial charge in [-0.05, 0) is 49.1 Å². The molecule has 7 heteroatoms. The van der Waals surface area contributed by atoms with Crippen molar-refractivity contribution in [1.82, 2.24) is 14.5 Å². The molecule has 2 aromatic carbocycles. The molecule has 3 N–H and O–H groups in total. The summed E-state index contributed by atoms with van der Waals surface area (Å²) in [6, 6.07) is 14.2. The highest BCUT2D eigenvalue weighted by Gasteiger charge is 2.11. The fourth-order valence-corrected chi connectivity index (χ4v) is 3.65. The smallest absolute Gasteiger partial charge is 0.143 e. The minimum Gasteiger partial charge on any atom is -0.495 e. The van der Waals surface area contributed by atoms with Gasteiger partial charge in [-0.15, -0.1) is 0 Å². The number of methoxy groups -OCH3 is 1. The standard InChI is InChI=1S/C26H28N6O/c1-5-28-14-22(13-27)18-6-7-20-15-30-26(12-21(20)10-18)31-23-9-8-19(11-25(23)33-4)24-16-29-17(2)32(24)3/h6-16H,5,27H2,1-4H3,(H,30,31). The Kier molecular flexibility index (Phi) is 6.40. The molecule has 0 bridgehead atoms. The van der Waals surface area contributed by atoms with Gasteiger partial charge in [0.2, 0.25) is 0 Å². The quantitative estimate of drug-likeness (QED) is 0.391. The number of pyridine rings is 1. The van der Waals surface area contributed by atoms with Crippen LogP contribution in [0.15, 0.2) is 66.1 Å². The van der Waals surface area contributed by atoms with Crippen molar-refractivity contribution in [1.29, 1.82) is 0 Å². The minimum absolute atomic E-state index is 0.712. The average Bonchev–Trinajstić information content (AvgIpc) is 3.17. The zero-order valence-electron chi connectivity index (χ0n) is 19.3. The van der Waals surface area contributed by atoms with E-state index in [-0.39, 0.29) is 0 Å². The molecule has 2 aromatic heterocycles. The summed E-state index contributed by atoms with van der Waals surface area (Å²) in [6.45, 7) is 4.69. The number of aliphatic imine (C=N–C) groups is 1. The van der Waals surface area contributed by atoms with Crippen LogP contribution in [0.1, 0.15) is 18.3 Å². The lowest BCUT2D eigenvalue weighted by atomic mass is 10.0. The molecule has 2 heterocycles. The normalized spacial score (nSPS) is 11.9. The Hall–Kier alpha value is -4.13. The van der Waals surface area contributed by atoms with Crippen molar-refractivity contribution in [3.63, 3.8) is 0 Å². The molecule has 0 atom stereocenters. The van der Waals surface area contributed by atoms with Crippen molar-refractivity contribution in [3.8, 4) is 17.0 Å². The van der Waals surface area contributed by atoms with E-state index < -0.39 is 0 Å². The lowest BCUT2D eigenvalue weighted by molar-refractivity contribution is 0.417. The van der Waals surface area contributed by atoms with Gasteiger partial charge in [0, 0.05) is 48.7 Å². The molecule has 0 unspecified atom stereocenters. The highest BCUT2D eigenvalue weighted by atomic mass is 16.5. The fraction of sp³-hybridized carbons (Fsp3) is 0.192. The molecule has 0 amide bonds. The highest BCUT2D eigenvalue weighted by Crippen LogP contribution is 2.33. The molecule has 0 saturated heterocycles. The number of hydrogen-bond donors (Lipinski definition) is 2. The number of nitrogens with zero attached hydrogens (tertiary/aromatic N) is 4. The lowest BCUT2D eigenvalue weighted by Crippen LogP contribution is -1.99. The predicted octanol–water partition coefficient (Wildman–Crippen LogP) is 5.09. The van der Waals surface area contributed by atoms with Gasteiger partial charge in [0.15, 0.2) is 0 Å². The van der Waals surface area contributed by atoms with E-state index in [2.05, 4.69) is 30.9 Å². The summed E-state index contributed by atoms with van der Waals surface area (Å²) in [6.07, 6.45) is 7.11. The molecular weight excluding hydrogens is 412 g/mol. The average molecular weight is 441 g/mol. The number of imidazole rings is 1. The van der Waals surface area contributed by atoms with Gasteiger partial charge in [-0.25, -0.2) is 9.97 Å². The molecule has 0 spiro atoms. The van der Waals surface area contributed by atoms with Crippen molar-refractivity contribution in [2.45, 2.75) is 13.8 Å². The van der Waals surface area contributed by atoms with Crippen LogP contribution in [0.4, 0.5) is 11.5 Å². The van der Waals surface area contributed by atoms with Crippen LogP contribution in [0.3, 0.4) is 0 Å². The van der Waals surface area contributed by atoms with E-state index in [1.165, 1.54) is 0 Å². The first-order valence-electron chi connectivity index (χ1n) is 10.8. The van der Waals surface area contributed by atoms with Gasteiger partial charge in [0.1, 0.15) is 17.4 Å². The molecule has 0 aliphatic heterocycles. The van der Waals surface area contributed by atoms with Crippen LogP contribution in [0.25, 0.3) is 27.6 Å². The molecule has 0 fully saturated rings. The Morgan fingerprint density at radius 1 is 1.12 bits per heavy atom. The molecular formula is C26H28N6O. The van der Waals surface area contributed by atoms with Gasteiger partial charge in [-0.1, -0.05) is 18.2 Å². The molecule has 0 aliphatic rings. The Morgan fingerprint density at radius 3 is 2.67 bits per heavy atom. The van der Waals surface area contributed by atoms with E-state index in [9.17, 15) is 0 Å². The summed E-state index contributed by atoms with van der Waals surface area (Å²) in [5.41, 5.74) is 10.6. The third-order valence-corrected chi connectivity index (χ3v) is 5.63. The fourth-order valence-electron chi connectivity index (χ4n) is 3.65. The SMILES string of the molecule is CCN=CC(=CN)c1ccc2cnc(Nc3ccc(-c4cnc(C)n4C)cc3OC)cc2c1. The molecule has 0 aliphatic carbocycles. The number of nitrogens with one attached hydrogen (secondary N) is 1. The number of aromatic nitrogens is 3. The maximum absolute atomic E-state index is 5.82. The largest absolute Gasteiger partial charge is 0.495 e. The summed E-state index contributed by atoms with van der Waals surface area (Å²) in [5.74, 6) is 2.41. The molecule has 7 nitrogen and oxygen atoms in total. The summed E-state index contributed by atoms with van der Waals surface area (Å²) >= 11 is 0. The molecule has 0 radical (unpaired) electrons. The Labute approximate surface area is 193 Å². The summed E-state index contributed by atoms with van der Waals surface area (Å²) < 4.78 is 7.72.